The van der Waals surface area contributed by atoms with Gasteiger partial charge in [0.15, 0.2) is 0 Å². The number of benzene rings is 1. The highest BCUT2D eigenvalue weighted by Gasteiger charge is 2.50. The number of hydrogen-bond acceptors (Lipinski definition) is 2. The minimum atomic E-state index is 0.307. The Morgan fingerprint density at radius 3 is 2.43 bits per heavy atom. The molecule has 1 fully saturated rings. The molecule has 1 aromatic rings. The third-order valence-electron chi connectivity index (χ3n) is 4.42. The highest BCUT2D eigenvalue weighted by atomic mass is 35.5. The predicted molar refractivity (Wildman–Crippen MR) is 90.1 cm³/mol. The van der Waals surface area contributed by atoms with Crippen molar-refractivity contribution in [3.8, 4) is 0 Å². The highest BCUT2D eigenvalue weighted by Crippen LogP contribution is 2.52. The molecule has 1 saturated carbocycles. The summed E-state index contributed by atoms with van der Waals surface area (Å²) in [6.07, 6.45) is 3.75. The van der Waals surface area contributed by atoms with Gasteiger partial charge in [0.05, 0.1) is 6.61 Å². The second-order valence-corrected chi connectivity index (χ2v) is 6.93. The molecular weight excluding hydrogens is 282 g/mol. The van der Waals surface area contributed by atoms with Crippen molar-refractivity contribution < 1.29 is 4.74 Å². The van der Waals surface area contributed by atoms with Crippen molar-refractivity contribution in [2.24, 2.45) is 5.92 Å². The van der Waals surface area contributed by atoms with Crippen LogP contribution < -0.4 is 5.32 Å². The van der Waals surface area contributed by atoms with E-state index in [-0.39, 0.29) is 0 Å². The summed E-state index contributed by atoms with van der Waals surface area (Å²) in [5, 5.41) is 4.56. The van der Waals surface area contributed by atoms with Gasteiger partial charge in [-0.05, 0) is 49.8 Å². The van der Waals surface area contributed by atoms with Crippen LogP contribution in [0.2, 0.25) is 5.02 Å². The molecule has 1 aliphatic rings. The normalized spacial score (nSPS) is 18.0. The van der Waals surface area contributed by atoms with Crippen molar-refractivity contribution in [2.75, 3.05) is 19.8 Å². The maximum absolute atomic E-state index is 6.03. The number of nitrogens with one attached hydrogen (secondary N) is 1. The molecule has 1 atom stereocenters. The van der Waals surface area contributed by atoms with Crippen molar-refractivity contribution in [3.05, 3.63) is 34.9 Å². The van der Waals surface area contributed by atoms with Gasteiger partial charge >= 0.3 is 0 Å². The van der Waals surface area contributed by atoms with Gasteiger partial charge in [0.1, 0.15) is 0 Å². The van der Waals surface area contributed by atoms with Gasteiger partial charge in [0.25, 0.3) is 0 Å². The summed E-state index contributed by atoms with van der Waals surface area (Å²) in [6.45, 7) is 9.16. The molecule has 2 rings (SSSR count). The van der Waals surface area contributed by atoms with Gasteiger partial charge in [-0.3, -0.25) is 0 Å². The maximum Gasteiger partial charge on any atom is 0.0590 e. The molecule has 0 radical (unpaired) electrons. The third-order valence-corrected chi connectivity index (χ3v) is 4.68. The minimum absolute atomic E-state index is 0.307. The van der Waals surface area contributed by atoms with Gasteiger partial charge in [-0.1, -0.05) is 37.6 Å². The number of ether oxygens (including phenoxy) is 1. The molecule has 1 N–H and O–H groups in total. The molecule has 0 aromatic heterocycles. The van der Waals surface area contributed by atoms with Crippen molar-refractivity contribution in [1.82, 2.24) is 5.32 Å². The molecule has 1 unspecified atom stereocenters. The lowest BCUT2D eigenvalue weighted by Gasteiger charge is -2.30. The van der Waals surface area contributed by atoms with Crippen LogP contribution >= 0.6 is 11.6 Å². The summed E-state index contributed by atoms with van der Waals surface area (Å²) in [7, 11) is 0. The monoisotopic (exact) mass is 309 g/mol. The fourth-order valence-electron chi connectivity index (χ4n) is 3.18. The lowest BCUT2D eigenvalue weighted by atomic mass is 9.83. The molecule has 2 nitrogen and oxygen atoms in total. The lowest BCUT2D eigenvalue weighted by molar-refractivity contribution is 0.143. The van der Waals surface area contributed by atoms with Gasteiger partial charge in [-0.15, -0.1) is 0 Å². The van der Waals surface area contributed by atoms with Crippen LogP contribution in [0.3, 0.4) is 0 Å². The van der Waals surface area contributed by atoms with Crippen molar-refractivity contribution >= 4 is 11.6 Å². The Labute approximate surface area is 134 Å². The first kappa shape index (κ1) is 16.8. The molecular formula is C18H28ClNO. The number of halogens is 1. The zero-order chi connectivity index (χ0) is 15.3. The fraction of sp³-hybridized carbons (Fsp3) is 0.667. The Hall–Kier alpha value is -0.570. The summed E-state index contributed by atoms with van der Waals surface area (Å²) in [5.41, 5.74) is 1.74. The van der Waals surface area contributed by atoms with E-state index in [2.05, 4.69) is 31.3 Å². The van der Waals surface area contributed by atoms with Gasteiger partial charge in [-0.25, -0.2) is 0 Å². The fourth-order valence-corrected chi connectivity index (χ4v) is 3.31. The number of hydrogen-bond donors (Lipinski definition) is 1. The Balaban J connectivity index is 2.05. The van der Waals surface area contributed by atoms with Gasteiger partial charge in [0.2, 0.25) is 0 Å². The molecule has 0 bridgehead atoms. The van der Waals surface area contributed by atoms with Crippen LogP contribution in [-0.4, -0.2) is 25.8 Å². The topological polar surface area (TPSA) is 21.3 Å². The summed E-state index contributed by atoms with van der Waals surface area (Å²) >= 11 is 6.03. The number of rotatable bonds is 9. The standard InChI is InChI=1S/C18H28ClNO/c1-4-21-12-11-20-17(13-14(2)3)18(9-10-18)15-5-7-16(19)8-6-15/h5-8,14,17,20H,4,9-13H2,1-3H3. The van der Waals surface area contributed by atoms with E-state index in [4.69, 9.17) is 16.3 Å². The first-order chi connectivity index (χ1) is 10.1. The SMILES string of the molecule is CCOCCNC(CC(C)C)C1(c2ccc(Cl)cc2)CC1. The van der Waals surface area contributed by atoms with E-state index in [1.807, 2.05) is 19.1 Å². The first-order valence-electron chi connectivity index (χ1n) is 8.15. The van der Waals surface area contributed by atoms with Crippen LogP contribution in [-0.2, 0) is 10.2 Å². The average Bonchev–Trinajstić information content (AvgIpc) is 3.24. The van der Waals surface area contributed by atoms with Crippen molar-refractivity contribution in [2.45, 2.75) is 51.5 Å². The van der Waals surface area contributed by atoms with Crippen LogP contribution in [0.5, 0.6) is 0 Å². The molecule has 0 amide bonds. The third kappa shape index (κ3) is 4.45. The van der Waals surface area contributed by atoms with Gasteiger partial charge in [-0.2, -0.15) is 0 Å². The zero-order valence-electron chi connectivity index (χ0n) is 13.5. The molecule has 0 saturated heterocycles. The Morgan fingerprint density at radius 2 is 1.90 bits per heavy atom. The Morgan fingerprint density at radius 1 is 1.24 bits per heavy atom. The minimum Gasteiger partial charge on any atom is -0.380 e. The van der Waals surface area contributed by atoms with E-state index in [1.165, 1.54) is 24.8 Å². The lowest BCUT2D eigenvalue weighted by Crippen LogP contribution is -2.42. The van der Waals surface area contributed by atoms with Crippen LogP contribution in [0.15, 0.2) is 24.3 Å². The van der Waals surface area contributed by atoms with Crippen molar-refractivity contribution in [1.29, 1.82) is 0 Å². The van der Waals surface area contributed by atoms with Gasteiger partial charge < -0.3 is 10.1 Å². The second-order valence-electron chi connectivity index (χ2n) is 6.50. The largest absolute Gasteiger partial charge is 0.380 e. The second kappa shape index (κ2) is 7.62. The van der Waals surface area contributed by atoms with E-state index in [0.717, 1.165) is 24.8 Å². The molecule has 21 heavy (non-hydrogen) atoms. The highest BCUT2D eigenvalue weighted by molar-refractivity contribution is 6.30. The average molecular weight is 310 g/mol. The van der Waals surface area contributed by atoms with E-state index in [9.17, 15) is 0 Å². The quantitative estimate of drug-likeness (QED) is 0.682. The summed E-state index contributed by atoms with van der Waals surface area (Å²) in [4.78, 5) is 0. The van der Waals surface area contributed by atoms with Crippen LogP contribution in [0.25, 0.3) is 0 Å². The van der Waals surface area contributed by atoms with Crippen molar-refractivity contribution in [3.63, 3.8) is 0 Å². The Bertz CT molecular complexity index is 425. The maximum atomic E-state index is 6.03. The van der Waals surface area contributed by atoms with E-state index >= 15 is 0 Å². The molecule has 1 aromatic carbocycles. The van der Waals surface area contributed by atoms with Crippen LogP contribution in [0, 0.1) is 5.92 Å². The Kier molecular flexibility index (Phi) is 6.09. The molecule has 0 aliphatic heterocycles. The smallest absolute Gasteiger partial charge is 0.0590 e. The molecule has 118 valence electrons. The predicted octanol–water partition coefficient (Wildman–Crippen LogP) is 4.41. The first-order valence-corrected chi connectivity index (χ1v) is 8.53. The van der Waals surface area contributed by atoms with E-state index in [1.54, 1.807) is 0 Å². The van der Waals surface area contributed by atoms with Crippen LogP contribution in [0.1, 0.15) is 45.6 Å². The zero-order valence-corrected chi connectivity index (χ0v) is 14.2. The molecule has 0 heterocycles. The summed E-state index contributed by atoms with van der Waals surface area (Å²) < 4.78 is 5.46. The molecule has 3 heteroatoms. The van der Waals surface area contributed by atoms with Gasteiger partial charge in [0, 0.05) is 29.6 Å². The van der Waals surface area contributed by atoms with E-state index in [0.29, 0.717) is 17.4 Å². The molecule has 0 spiro atoms. The molecule has 1 aliphatic carbocycles. The van der Waals surface area contributed by atoms with E-state index < -0.39 is 0 Å². The summed E-state index contributed by atoms with van der Waals surface area (Å²) in [6, 6.07) is 8.96. The van der Waals surface area contributed by atoms with Crippen LogP contribution in [0.4, 0.5) is 0 Å². The summed E-state index contributed by atoms with van der Waals surface area (Å²) in [5.74, 6) is 0.694.